The fraction of sp³-hybridized carbons (Fsp3) is 0.385. The van der Waals surface area contributed by atoms with Crippen LogP contribution < -0.4 is 9.47 Å². The van der Waals surface area contributed by atoms with Gasteiger partial charge in [-0.1, -0.05) is 12.6 Å². The second kappa shape index (κ2) is 3.97. The third-order valence-electron chi connectivity index (χ3n) is 2.82. The molecule has 1 aromatic rings. The Bertz CT molecular complexity index is 378. The maximum Gasteiger partial charge on any atom is 0.161 e. The minimum absolute atomic E-state index is 0.683. The Labute approximate surface area is 90.5 Å². The summed E-state index contributed by atoms with van der Waals surface area (Å²) >= 11 is 0. The second-order valence-corrected chi connectivity index (χ2v) is 3.87. The summed E-state index contributed by atoms with van der Waals surface area (Å²) in [5.41, 5.74) is 2.38. The third-order valence-corrected chi connectivity index (χ3v) is 2.82. The summed E-state index contributed by atoms with van der Waals surface area (Å²) in [5.74, 6) is 2.23. The molecule has 2 rings (SSSR count). The molecule has 1 saturated carbocycles. The quantitative estimate of drug-likeness (QED) is 0.750. The lowest BCUT2D eigenvalue weighted by Gasteiger charge is -2.10. The predicted octanol–water partition coefficient (Wildman–Crippen LogP) is 3.13. The first kappa shape index (κ1) is 10.1. The Hall–Kier alpha value is -1.44. The van der Waals surface area contributed by atoms with Crippen molar-refractivity contribution in [3.05, 3.63) is 30.3 Å². The van der Waals surface area contributed by atoms with Crippen LogP contribution in [0.3, 0.4) is 0 Å². The molecule has 0 spiro atoms. The maximum absolute atomic E-state index is 5.26. The zero-order chi connectivity index (χ0) is 10.8. The van der Waals surface area contributed by atoms with Crippen molar-refractivity contribution in [3.8, 4) is 11.5 Å². The zero-order valence-electron chi connectivity index (χ0n) is 9.25. The second-order valence-electron chi connectivity index (χ2n) is 3.87. The molecular formula is C13H16O2. The van der Waals surface area contributed by atoms with Gasteiger partial charge in [0.25, 0.3) is 0 Å². The molecule has 80 valence electrons. The van der Waals surface area contributed by atoms with Crippen LogP contribution in [0.15, 0.2) is 24.8 Å². The topological polar surface area (TPSA) is 18.5 Å². The summed E-state index contributed by atoms with van der Waals surface area (Å²) in [5, 5.41) is 0. The Morgan fingerprint density at radius 3 is 2.40 bits per heavy atom. The summed E-state index contributed by atoms with van der Waals surface area (Å²) in [6, 6.07) is 5.98. The number of ether oxygens (including phenoxy) is 2. The average Bonchev–Trinajstić information content (AvgIpc) is 3.11. The Kier molecular flexibility index (Phi) is 2.67. The van der Waals surface area contributed by atoms with Crippen LogP contribution in [-0.2, 0) is 0 Å². The van der Waals surface area contributed by atoms with E-state index >= 15 is 0 Å². The van der Waals surface area contributed by atoms with E-state index in [1.807, 2.05) is 18.2 Å². The van der Waals surface area contributed by atoms with Crippen LogP contribution in [-0.4, -0.2) is 14.2 Å². The van der Waals surface area contributed by atoms with Gasteiger partial charge >= 0.3 is 0 Å². The van der Waals surface area contributed by atoms with Gasteiger partial charge in [0.05, 0.1) is 14.2 Å². The molecule has 1 aliphatic rings. The van der Waals surface area contributed by atoms with Crippen molar-refractivity contribution in [1.29, 1.82) is 0 Å². The summed E-state index contributed by atoms with van der Waals surface area (Å²) in [4.78, 5) is 0. The molecule has 0 bridgehead atoms. The SMILES string of the molecule is C=C(c1ccc(OC)c(OC)c1)C1CC1. The monoisotopic (exact) mass is 204 g/mol. The van der Waals surface area contributed by atoms with Crippen LogP contribution in [0.4, 0.5) is 0 Å². The van der Waals surface area contributed by atoms with Gasteiger partial charge in [-0.15, -0.1) is 0 Å². The van der Waals surface area contributed by atoms with Crippen molar-refractivity contribution in [2.45, 2.75) is 12.8 Å². The molecule has 0 aliphatic heterocycles. The first-order valence-corrected chi connectivity index (χ1v) is 5.17. The molecule has 2 nitrogen and oxygen atoms in total. The lowest BCUT2D eigenvalue weighted by atomic mass is 10.0. The lowest BCUT2D eigenvalue weighted by molar-refractivity contribution is 0.355. The van der Waals surface area contributed by atoms with Crippen molar-refractivity contribution in [2.75, 3.05) is 14.2 Å². The molecule has 0 heterocycles. The van der Waals surface area contributed by atoms with Crippen LogP contribution in [0.5, 0.6) is 11.5 Å². The molecule has 1 fully saturated rings. The summed E-state index contributed by atoms with van der Waals surface area (Å²) < 4.78 is 10.5. The van der Waals surface area contributed by atoms with E-state index in [1.54, 1.807) is 14.2 Å². The van der Waals surface area contributed by atoms with E-state index in [0.717, 1.165) is 17.1 Å². The molecule has 0 N–H and O–H groups in total. The number of hydrogen-bond acceptors (Lipinski definition) is 2. The molecule has 2 heteroatoms. The Morgan fingerprint density at radius 2 is 1.87 bits per heavy atom. The van der Waals surface area contributed by atoms with Gasteiger partial charge in [0.15, 0.2) is 11.5 Å². The van der Waals surface area contributed by atoms with E-state index < -0.39 is 0 Å². The van der Waals surface area contributed by atoms with Crippen molar-refractivity contribution in [3.63, 3.8) is 0 Å². The molecular weight excluding hydrogens is 188 g/mol. The molecule has 0 atom stereocenters. The van der Waals surface area contributed by atoms with E-state index in [4.69, 9.17) is 9.47 Å². The van der Waals surface area contributed by atoms with Gasteiger partial charge in [-0.25, -0.2) is 0 Å². The van der Waals surface area contributed by atoms with E-state index in [0.29, 0.717) is 5.92 Å². The zero-order valence-corrected chi connectivity index (χ0v) is 9.25. The molecule has 1 aliphatic carbocycles. The van der Waals surface area contributed by atoms with E-state index in [1.165, 1.54) is 18.4 Å². The Balaban J connectivity index is 2.29. The Morgan fingerprint density at radius 1 is 1.20 bits per heavy atom. The van der Waals surface area contributed by atoms with Gasteiger partial charge in [-0.2, -0.15) is 0 Å². The maximum atomic E-state index is 5.26. The van der Waals surface area contributed by atoms with Crippen LogP contribution in [0.1, 0.15) is 18.4 Å². The van der Waals surface area contributed by atoms with Crippen LogP contribution >= 0.6 is 0 Å². The van der Waals surface area contributed by atoms with E-state index in [9.17, 15) is 0 Å². The van der Waals surface area contributed by atoms with Crippen molar-refractivity contribution in [2.24, 2.45) is 5.92 Å². The smallest absolute Gasteiger partial charge is 0.161 e. The van der Waals surface area contributed by atoms with Crippen LogP contribution in [0.25, 0.3) is 5.57 Å². The predicted molar refractivity (Wildman–Crippen MR) is 61.3 cm³/mol. The number of allylic oxidation sites excluding steroid dienone is 1. The molecule has 15 heavy (non-hydrogen) atoms. The van der Waals surface area contributed by atoms with Gasteiger partial charge < -0.3 is 9.47 Å². The number of benzene rings is 1. The average molecular weight is 204 g/mol. The number of rotatable bonds is 4. The number of methoxy groups -OCH3 is 2. The third kappa shape index (κ3) is 1.99. The fourth-order valence-electron chi connectivity index (χ4n) is 1.70. The van der Waals surface area contributed by atoms with E-state index in [-0.39, 0.29) is 0 Å². The minimum atomic E-state index is 0.683. The highest BCUT2D eigenvalue weighted by Gasteiger charge is 2.25. The first-order chi connectivity index (χ1) is 7.26. The van der Waals surface area contributed by atoms with Crippen molar-refractivity contribution >= 4 is 5.57 Å². The summed E-state index contributed by atoms with van der Waals surface area (Å²) in [6.45, 7) is 4.12. The molecule has 0 radical (unpaired) electrons. The molecule has 0 amide bonds. The first-order valence-electron chi connectivity index (χ1n) is 5.17. The van der Waals surface area contributed by atoms with Crippen molar-refractivity contribution < 1.29 is 9.47 Å². The molecule has 0 aromatic heterocycles. The molecule has 1 aromatic carbocycles. The summed E-state index contributed by atoms with van der Waals surface area (Å²) in [6.07, 6.45) is 2.54. The minimum Gasteiger partial charge on any atom is -0.493 e. The fourth-order valence-corrected chi connectivity index (χ4v) is 1.70. The highest BCUT2D eigenvalue weighted by molar-refractivity contribution is 5.69. The lowest BCUT2D eigenvalue weighted by Crippen LogP contribution is -1.92. The molecule has 0 saturated heterocycles. The van der Waals surface area contributed by atoms with Crippen LogP contribution in [0, 0.1) is 5.92 Å². The van der Waals surface area contributed by atoms with Gasteiger partial charge in [0.1, 0.15) is 0 Å². The van der Waals surface area contributed by atoms with Gasteiger partial charge in [-0.3, -0.25) is 0 Å². The standard InChI is InChI=1S/C13H16O2/c1-9(10-4-5-10)11-6-7-12(14-2)13(8-11)15-3/h6-8,10H,1,4-5H2,2-3H3. The largest absolute Gasteiger partial charge is 0.493 e. The normalized spacial score (nSPS) is 14.8. The van der Waals surface area contributed by atoms with E-state index in [2.05, 4.69) is 6.58 Å². The van der Waals surface area contributed by atoms with Crippen molar-refractivity contribution in [1.82, 2.24) is 0 Å². The number of hydrogen-bond donors (Lipinski definition) is 0. The highest BCUT2D eigenvalue weighted by Crippen LogP contribution is 2.42. The summed E-state index contributed by atoms with van der Waals surface area (Å²) in [7, 11) is 3.30. The molecule has 0 unspecified atom stereocenters. The highest BCUT2D eigenvalue weighted by atomic mass is 16.5. The van der Waals surface area contributed by atoms with Crippen LogP contribution in [0.2, 0.25) is 0 Å². The van der Waals surface area contributed by atoms with Gasteiger partial charge in [-0.05, 0) is 42.0 Å². The van der Waals surface area contributed by atoms with Gasteiger partial charge in [0, 0.05) is 0 Å². The van der Waals surface area contributed by atoms with Gasteiger partial charge in [0.2, 0.25) is 0 Å².